The lowest BCUT2D eigenvalue weighted by Gasteiger charge is -2.16. The van der Waals surface area contributed by atoms with Gasteiger partial charge in [0.2, 0.25) is 5.95 Å². The second-order valence-corrected chi connectivity index (χ2v) is 6.11. The van der Waals surface area contributed by atoms with E-state index in [9.17, 15) is 4.79 Å². The van der Waals surface area contributed by atoms with E-state index in [0.29, 0.717) is 27.2 Å². The third kappa shape index (κ3) is 2.57. The molecular formula is C15H14ClN5O2S. The molecule has 0 saturated heterocycles. The second-order valence-electron chi connectivity index (χ2n) is 4.93. The molecule has 2 N–H and O–H groups in total. The predicted octanol–water partition coefficient (Wildman–Crippen LogP) is 2.45. The zero-order chi connectivity index (χ0) is 17.4. The van der Waals surface area contributed by atoms with Crippen LogP contribution in [0.3, 0.4) is 0 Å². The smallest absolute Gasteiger partial charge is 0.270 e. The minimum absolute atomic E-state index is 0.00324. The summed E-state index contributed by atoms with van der Waals surface area (Å²) in [5, 5.41) is 1.15. The average Bonchev–Trinajstić information content (AvgIpc) is 2.57. The molecule has 1 aromatic carbocycles. The number of anilines is 1. The van der Waals surface area contributed by atoms with Crippen molar-refractivity contribution >= 4 is 40.3 Å². The summed E-state index contributed by atoms with van der Waals surface area (Å²) in [4.78, 5) is 25.5. The summed E-state index contributed by atoms with van der Waals surface area (Å²) in [7, 11) is 1.54. The lowest BCUT2D eigenvalue weighted by molar-refractivity contribution is 0.411. The fourth-order valence-electron chi connectivity index (χ4n) is 2.43. The molecule has 9 heteroatoms. The summed E-state index contributed by atoms with van der Waals surface area (Å²) in [6.07, 6.45) is 3.29. The maximum absolute atomic E-state index is 12.9. The molecule has 24 heavy (non-hydrogen) atoms. The number of nitrogens with zero attached hydrogens (tertiary/aromatic N) is 4. The number of aromatic nitrogens is 4. The van der Waals surface area contributed by atoms with Gasteiger partial charge in [0.25, 0.3) is 5.56 Å². The highest BCUT2D eigenvalue weighted by Crippen LogP contribution is 2.31. The van der Waals surface area contributed by atoms with Gasteiger partial charge in [0, 0.05) is 11.8 Å². The Bertz CT molecular complexity index is 1010. The first-order valence-electron chi connectivity index (χ1n) is 6.90. The minimum atomic E-state index is -0.386. The Kier molecular flexibility index (Phi) is 4.33. The van der Waals surface area contributed by atoms with Gasteiger partial charge >= 0.3 is 0 Å². The number of fused-ring (bicyclic) bond motifs is 1. The van der Waals surface area contributed by atoms with Crippen LogP contribution in [0.25, 0.3) is 16.7 Å². The van der Waals surface area contributed by atoms with E-state index in [-0.39, 0.29) is 22.5 Å². The molecular weight excluding hydrogens is 350 g/mol. The molecule has 0 saturated carbocycles. The van der Waals surface area contributed by atoms with Crippen LogP contribution < -0.4 is 16.0 Å². The van der Waals surface area contributed by atoms with Crippen LogP contribution in [0.5, 0.6) is 5.75 Å². The van der Waals surface area contributed by atoms with E-state index < -0.39 is 0 Å². The van der Waals surface area contributed by atoms with Gasteiger partial charge in [0.05, 0.1) is 17.8 Å². The molecule has 0 bridgehead atoms. The molecule has 0 atom stereocenters. The second kappa shape index (κ2) is 6.29. The summed E-state index contributed by atoms with van der Waals surface area (Å²) in [6.45, 7) is 1.80. The summed E-state index contributed by atoms with van der Waals surface area (Å²) >= 11 is 7.66. The number of ether oxygens (including phenoxy) is 1. The van der Waals surface area contributed by atoms with Crippen LogP contribution in [0.4, 0.5) is 5.95 Å². The molecule has 0 radical (unpaired) electrons. The molecule has 7 nitrogen and oxygen atoms in total. The number of thioether (sulfide) groups is 1. The third-order valence-electron chi connectivity index (χ3n) is 3.59. The number of halogens is 1. The number of rotatable bonds is 3. The molecule has 124 valence electrons. The maximum Gasteiger partial charge on any atom is 0.270 e. The van der Waals surface area contributed by atoms with Crippen molar-refractivity contribution in [2.45, 2.75) is 12.1 Å². The Balaban J connectivity index is 2.38. The van der Waals surface area contributed by atoms with Crippen molar-refractivity contribution < 1.29 is 4.74 Å². The molecule has 2 heterocycles. The van der Waals surface area contributed by atoms with Crippen molar-refractivity contribution in [3.05, 3.63) is 39.3 Å². The number of nitrogen functional groups attached to an aromatic ring is 1. The quantitative estimate of drug-likeness (QED) is 0.564. The van der Waals surface area contributed by atoms with E-state index in [1.54, 1.807) is 26.2 Å². The lowest BCUT2D eigenvalue weighted by atomic mass is 10.1. The topological polar surface area (TPSA) is 95.9 Å². The highest BCUT2D eigenvalue weighted by molar-refractivity contribution is 7.98. The van der Waals surface area contributed by atoms with Crippen LogP contribution in [0.2, 0.25) is 5.02 Å². The van der Waals surface area contributed by atoms with Crippen LogP contribution in [0.1, 0.15) is 5.56 Å². The Hall–Kier alpha value is -2.32. The van der Waals surface area contributed by atoms with Crippen LogP contribution in [-0.4, -0.2) is 32.9 Å². The van der Waals surface area contributed by atoms with Crippen molar-refractivity contribution in [2.24, 2.45) is 0 Å². The first-order chi connectivity index (χ1) is 11.5. The normalized spacial score (nSPS) is 11.0. The van der Waals surface area contributed by atoms with E-state index in [4.69, 9.17) is 22.1 Å². The minimum Gasteiger partial charge on any atom is -0.496 e. The number of hydrogen-bond acceptors (Lipinski definition) is 7. The van der Waals surface area contributed by atoms with Crippen molar-refractivity contribution in [2.75, 3.05) is 19.1 Å². The van der Waals surface area contributed by atoms with E-state index in [1.165, 1.54) is 22.5 Å². The van der Waals surface area contributed by atoms with Gasteiger partial charge in [-0.15, -0.1) is 0 Å². The first-order valence-corrected chi connectivity index (χ1v) is 8.51. The lowest BCUT2D eigenvalue weighted by Crippen LogP contribution is -2.24. The fourth-order valence-corrected chi connectivity index (χ4v) is 3.06. The number of benzene rings is 1. The standard InChI is InChI=1S/C15H14ClN5O2S/c1-7-10(23-2)5-4-9(16)11(7)21-13(22)8-6-18-15(24-3)20-12(8)19-14(21)17/h4-6H,1-3H3,(H2,17,18,19,20). The Morgan fingerprint density at radius 1 is 1.33 bits per heavy atom. The number of hydrogen-bond donors (Lipinski definition) is 1. The van der Waals surface area contributed by atoms with Gasteiger partial charge in [-0.1, -0.05) is 23.4 Å². The summed E-state index contributed by atoms with van der Waals surface area (Å²) < 4.78 is 6.55. The monoisotopic (exact) mass is 363 g/mol. The summed E-state index contributed by atoms with van der Waals surface area (Å²) in [6, 6.07) is 3.37. The van der Waals surface area contributed by atoms with Gasteiger partial charge in [-0.25, -0.2) is 14.5 Å². The first kappa shape index (κ1) is 16.5. The van der Waals surface area contributed by atoms with Crippen molar-refractivity contribution in [3.63, 3.8) is 0 Å². The SMILES string of the molecule is COc1ccc(Cl)c(-n2c(N)nc3nc(SC)ncc3c2=O)c1C. The van der Waals surface area contributed by atoms with E-state index >= 15 is 0 Å². The Labute approximate surface area is 146 Å². The molecule has 0 unspecified atom stereocenters. The summed E-state index contributed by atoms with van der Waals surface area (Å²) in [5.74, 6) is 0.589. The van der Waals surface area contributed by atoms with E-state index in [1.807, 2.05) is 6.26 Å². The van der Waals surface area contributed by atoms with Crippen LogP contribution >= 0.6 is 23.4 Å². The van der Waals surface area contributed by atoms with Gasteiger partial charge in [0.15, 0.2) is 10.8 Å². The van der Waals surface area contributed by atoms with Gasteiger partial charge in [-0.05, 0) is 25.3 Å². The Morgan fingerprint density at radius 3 is 2.75 bits per heavy atom. The number of nitrogens with two attached hydrogens (primary N) is 1. The molecule has 0 aliphatic rings. The molecule has 2 aromatic heterocycles. The predicted molar refractivity (Wildman–Crippen MR) is 95.4 cm³/mol. The molecule has 0 fully saturated rings. The largest absolute Gasteiger partial charge is 0.496 e. The van der Waals surface area contributed by atoms with Crippen LogP contribution in [0, 0.1) is 6.92 Å². The molecule has 0 spiro atoms. The van der Waals surface area contributed by atoms with E-state index in [2.05, 4.69) is 15.0 Å². The fraction of sp³-hybridized carbons (Fsp3) is 0.200. The van der Waals surface area contributed by atoms with Crippen molar-refractivity contribution in [1.82, 2.24) is 19.5 Å². The average molecular weight is 364 g/mol. The highest BCUT2D eigenvalue weighted by Gasteiger charge is 2.18. The van der Waals surface area contributed by atoms with E-state index in [0.717, 1.165) is 0 Å². The van der Waals surface area contributed by atoms with Crippen molar-refractivity contribution in [1.29, 1.82) is 0 Å². The van der Waals surface area contributed by atoms with Gasteiger partial charge in [-0.3, -0.25) is 4.79 Å². The van der Waals surface area contributed by atoms with Gasteiger partial charge < -0.3 is 10.5 Å². The zero-order valence-electron chi connectivity index (χ0n) is 13.2. The highest BCUT2D eigenvalue weighted by atomic mass is 35.5. The van der Waals surface area contributed by atoms with Gasteiger partial charge in [-0.2, -0.15) is 4.98 Å². The molecule has 3 aromatic rings. The van der Waals surface area contributed by atoms with Gasteiger partial charge in [0.1, 0.15) is 11.1 Å². The molecule has 0 amide bonds. The maximum atomic E-state index is 12.9. The summed E-state index contributed by atoms with van der Waals surface area (Å²) in [5.41, 5.74) is 7.01. The number of methoxy groups -OCH3 is 1. The van der Waals surface area contributed by atoms with Crippen molar-refractivity contribution in [3.8, 4) is 11.4 Å². The molecule has 0 aliphatic carbocycles. The molecule has 3 rings (SSSR count). The van der Waals surface area contributed by atoms with Crippen LogP contribution in [-0.2, 0) is 0 Å². The van der Waals surface area contributed by atoms with Crippen LogP contribution in [0.15, 0.2) is 28.3 Å². The molecule has 0 aliphatic heterocycles. The third-order valence-corrected chi connectivity index (χ3v) is 4.45. The zero-order valence-corrected chi connectivity index (χ0v) is 14.8. The Morgan fingerprint density at radius 2 is 2.08 bits per heavy atom.